The van der Waals surface area contributed by atoms with Gasteiger partial charge in [0.2, 0.25) is 0 Å². The van der Waals surface area contributed by atoms with Crippen LogP contribution in [0.5, 0.6) is 0 Å². The van der Waals surface area contributed by atoms with Gasteiger partial charge in [-0.3, -0.25) is 0 Å². The summed E-state index contributed by atoms with van der Waals surface area (Å²) in [6.45, 7) is 15.5. The Hall–Kier alpha value is -7.46. The summed E-state index contributed by atoms with van der Waals surface area (Å²) in [6, 6.07) is 29.2. The molecule has 8 heteroatoms. The zero-order valence-corrected chi connectivity index (χ0v) is 21.4. The third kappa shape index (κ3) is 3.47. The minimum absolute atomic E-state index is 0.00256. The van der Waals surface area contributed by atoms with Gasteiger partial charge in [-0.2, -0.15) is 21.0 Å². The maximum Gasteiger partial charge on any atom is 0.270 e. The third-order valence-electron chi connectivity index (χ3n) is 6.98. The summed E-state index contributed by atoms with van der Waals surface area (Å²) < 4.78 is 0. The second-order valence-electron chi connectivity index (χ2n) is 8.82. The number of nitriles is 6. The predicted octanol–water partition coefficient (Wildman–Crippen LogP) is 6.63. The standard InChI is InChI=1S/C34H10N8/c1-41-25(17-39)33-27(19-9-5-3-6-10-19)21(13-35)29-24(16-38)32-30(23(15-37)31(29)33)22(14-36)28(20-11-7-4-8-12-20)34(32)26(18-40)42-2/h3-12H/b33-25-,34-26+. The second-order valence-corrected chi connectivity index (χ2v) is 8.82. The van der Waals surface area contributed by atoms with Gasteiger partial charge in [0.1, 0.15) is 24.3 Å². The van der Waals surface area contributed by atoms with Crippen molar-refractivity contribution in [2.75, 3.05) is 0 Å². The van der Waals surface area contributed by atoms with Crippen molar-refractivity contribution in [3.8, 4) is 36.4 Å². The Morgan fingerprint density at radius 1 is 0.500 bits per heavy atom. The Labute approximate surface area is 240 Å². The molecular formula is C34H10N8. The van der Waals surface area contributed by atoms with Crippen LogP contribution in [0.1, 0.15) is 44.5 Å². The van der Waals surface area contributed by atoms with Crippen molar-refractivity contribution in [3.63, 3.8) is 0 Å². The molecule has 42 heavy (non-hydrogen) atoms. The lowest BCUT2D eigenvalue weighted by Crippen LogP contribution is -2.04. The fraction of sp³-hybridized carbons (Fsp3) is 0. The third-order valence-corrected chi connectivity index (χ3v) is 6.98. The van der Waals surface area contributed by atoms with Crippen molar-refractivity contribution in [1.82, 2.24) is 0 Å². The molecule has 3 aromatic carbocycles. The van der Waals surface area contributed by atoms with E-state index in [4.69, 9.17) is 13.1 Å². The van der Waals surface area contributed by atoms with Gasteiger partial charge in [-0.1, -0.05) is 60.7 Å². The molecule has 2 aliphatic carbocycles. The van der Waals surface area contributed by atoms with E-state index in [0.29, 0.717) is 11.1 Å². The molecule has 3 aromatic rings. The monoisotopic (exact) mass is 530 g/mol. The van der Waals surface area contributed by atoms with E-state index >= 15 is 0 Å². The van der Waals surface area contributed by atoms with Gasteiger partial charge >= 0.3 is 0 Å². The number of allylic oxidation sites excluding steroid dienone is 8. The van der Waals surface area contributed by atoms with Crippen molar-refractivity contribution in [2.45, 2.75) is 0 Å². The second kappa shape index (κ2) is 10.4. The quantitative estimate of drug-likeness (QED) is 0.268. The van der Waals surface area contributed by atoms with Crippen molar-refractivity contribution in [1.29, 1.82) is 31.6 Å². The van der Waals surface area contributed by atoms with Crippen molar-refractivity contribution < 1.29 is 0 Å². The normalized spacial score (nSPS) is 14.9. The molecule has 0 fully saturated rings. The Balaban J connectivity index is 2.13. The fourth-order valence-corrected chi connectivity index (χ4v) is 5.48. The smallest absolute Gasteiger partial charge is 0.226 e. The molecule has 0 spiro atoms. The van der Waals surface area contributed by atoms with Gasteiger partial charge in [0.05, 0.1) is 47.6 Å². The molecule has 8 nitrogen and oxygen atoms in total. The number of hydrogen-bond donors (Lipinski definition) is 0. The van der Waals surface area contributed by atoms with Crippen LogP contribution in [0.25, 0.3) is 43.1 Å². The van der Waals surface area contributed by atoms with Gasteiger partial charge in [0, 0.05) is 33.4 Å². The van der Waals surface area contributed by atoms with E-state index in [0.717, 1.165) is 0 Å². The van der Waals surface area contributed by atoms with Crippen molar-refractivity contribution in [2.24, 2.45) is 0 Å². The van der Waals surface area contributed by atoms with E-state index in [1.165, 1.54) is 0 Å². The Morgan fingerprint density at radius 2 is 0.857 bits per heavy atom. The molecular weight excluding hydrogens is 520 g/mol. The Kier molecular flexibility index (Phi) is 6.45. The van der Waals surface area contributed by atoms with E-state index < -0.39 is 11.4 Å². The Bertz CT molecular complexity index is 2050. The lowest BCUT2D eigenvalue weighted by atomic mass is 9.83. The minimum Gasteiger partial charge on any atom is -0.226 e. The highest BCUT2D eigenvalue weighted by Crippen LogP contribution is 2.58. The molecule has 0 amide bonds. The van der Waals surface area contributed by atoms with E-state index in [2.05, 4.69) is 34.0 Å². The number of nitrogens with zero attached hydrogens (tertiary/aromatic N) is 8. The van der Waals surface area contributed by atoms with E-state index in [1.54, 1.807) is 60.7 Å². The van der Waals surface area contributed by atoms with Gasteiger partial charge in [0.15, 0.2) is 0 Å². The first-order valence-electron chi connectivity index (χ1n) is 12.1. The highest BCUT2D eigenvalue weighted by atomic mass is 14.7. The van der Waals surface area contributed by atoms with Crippen LogP contribution in [-0.4, -0.2) is 0 Å². The molecule has 0 aromatic heterocycles. The maximum atomic E-state index is 10.6. The molecule has 0 heterocycles. The lowest BCUT2D eigenvalue weighted by molar-refractivity contribution is 1.37. The number of rotatable bonds is 2. The summed E-state index contributed by atoms with van der Waals surface area (Å²) in [4.78, 5) is 6.78. The molecule has 5 rings (SSSR count). The zero-order chi connectivity index (χ0) is 30.0. The molecule has 0 aliphatic heterocycles. The summed E-state index contributed by atoms with van der Waals surface area (Å²) in [5, 5.41) is 62.1. The summed E-state index contributed by atoms with van der Waals surface area (Å²) in [6.07, 6.45) is 0. The average Bonchev–Trinajstić information content (AvgIpc) is 3.56. The maximum absolute atomic E-state index is 10.6. The van der Waals surface area contributed by atoms with Gasteiger partial charge in [0.25, 0.3) is 11.4 Å². The summed E-state index contributed by atoms with van der Waals surface area (Å²) in [5.41, 5.74) is 0.174. The molecule has 0 saturated heterocycles. The number of hydrogen-bond acceptors (Lipinski definition) is 6. The largest absolute Gasteiger partial charge is 0.270 e. The molecule has 0 bridgehead atoms. The average molecular weight is 531 g/mol. The van der Waals surface area contributed by atoms with Crippen LogP contribution in [0.2, 0.25) is 0 Å². The zero-order valence-electron chi connectivity index (χ0n) is 21.4. The van der Waals surface area contributed by atoms with Crippen molar-refractivity contribution >= 4 is 33.4 Å². The van der Waals surface area contributed by atoms with Gasteiger partial charge < -0.3 is 0 Å². The lowest BCUT2D eigenvalue weighted by Gasteiger charge is -2.16. The first-order valence-corrected chi connectivity index (χ1v) is 12.1. The van der Waals surface area contributed by atoms with Crippen LogP contribution in [0.15, 0.2) is 72.1 Å². The van der Waals surface area contributed by atoms with Crippen LogP contribution < -0.4 is 0 Å². The van der Waals surface area contributed by atoms with Crippen LogP contribution in [0.4, 0.5) is 0 Å². The molecule has 0 atom stereocenters. The molecule has 0 unspecified atom stereocenters. The SMILES string of the molecule is [C-]#[N+]/C(C#N)=C1\C(c2ccccc2)=C(C#N)c2c(C#N)c3c(c(C#N)c21)C(C#N)=C(c1ccccc1)/C3=C(\C#N)[N+]#[C-]. The van der Waals surface area contributed by atoms with Crippen LogP contribution in [-0.2, 0) is 0 Å². The number of benzene rings is 3. The molecule has 186 valence electrons. The van der Waals surface area contributed by atoms with Crippen LogP contribution in [0, 0.1) is 81.1 Å². The topological polar surface area (TPSA) is 151 Å². The first-order chi connectivity index (χ1) is 20.6. The van der Waals surface area contributed by atoms with Crippen LogP contribution in [0.3, 0.4) is 0 Å². The van der Waals surface area contributed by atoms with Crippen molar-refractivity contribution in [3.05, 3.63) is 139 Å². The van der Waals surface area contributed by atoms with E-state index in [-0.39, 0.29) is 66.8 Å². The molecule has 2 aliphatic rings. The summed E-state index contributed by atoms with van der Waals surface area (Å²) >= 11 is 0. The fourth-order valence-electron chi connectivity index (χ4n) is 5.48. The Morgan fingerprint density at radius 3 is 1.12 bits per heavy atom. The molecule has 0 radical (unpaired) electrons. The number of fused-ring (bicyclic) bond motifs is 2. The predicted molar refractivity (Wildman–Crippen MR) is 152 cm³/mol. The highest BCUT2D eigenvalue weighted by molar-refractivity contribution is 6.31. The van der Waals surface area contributed by atoms with Gasteiger partial charge in [-0.25, -0.2) is 20.2 Å². The summed E-state index contributed by atoms with van der Waals surface area (Å²) in [7, 11) is 0. The van der Waals surface area contributed by atoms with E-state index in [1.807, 2.05) is 12.1 Å². The summed E-state index contributed by atoms with van der Waals surface area (Å²) in [5.74, 6) is 0. The molecule has 0 N–H and O–H groups in total. The van der Waals surface area contributed by atoms with E-state index in [9.17, 15) is 31.6 Å². The van der Waals surface area contributed by atoms with Crippen LogP contribution >= 0.6 is 0 Å². The first kappa shape index (κ1) is 26.2. The van der Waals surface area contributed by atoms with Gasteiger partial charge in [-0.15, -0.1) is 0 Å². The minimum atomic E-state index is -0.404. The highest BCUT2D eigenvalue weighted by Gasteiger charge is 2.43. The van der Waals surface area contributed by atoms with Gasteiger partial charge in [-0.05, 0) is 22.3 Å². The molecule has 0 saturated carbocycles.